The van der Waals surface area contributed by atoms with Gasteiger partial charge in [0.15, 0.2) is 0 Å². The van der Waals surface area contributed by atoms with Crippen LogP contribution in [0.25, 0.3) is 0 Å². The van der Waals surface area contributed by atoms with E-state index in [1.165, 1.54) is 17.8 Å². The second-order valence-corrected chi connectivity index (χ2v) is 3.77. The Morgan fingerprint density at radius 3 is 1.93 bits per heavy atom. The summed E-state index contributed by atoms with van der Waals surface area (Å²) >= 11 is 1.42. The molecule has 82 valence electrons. The Bertz CT molecular complexity index is 243. The molecule has 0 aliphatic carbocycles. The minimum absolute atomic E-state index is 0.340. The lowest BCUT2D eigenvalue weighted by Crippen LogP contribution is -2.07. The fourth-order valence-corrected chi connectivity index (χ4v) is 1.29. The van der Waals surface area contributed by atoms with Gasteiger partial charge in [-0.2, -0.15) is 0 Å². The van der Waals surface area contributed by atoms with Gasteiger partial charge in [-0.15, -0.1) is 11.3 Å². The Balaban J connectivity index is 0. The predicted octanol–water partition coefficient (Wildman–Crippen LogP) is 3.60. The van der Waals surface area contributed by atoms with Crippen LogP contribution in [0.2, 0.25) is 0 Å². The van der Waals surface area contributed by atoms with Crippen molar-refractivity contribution < 1.29 is 4.79 Å². The standard InChI is InChI=1S/C6H7NOS.C3H8.C2H6/c1-4-2-3-5(9-4)6(7)8;1-3-2;1-2/h2-3H,1H3,(H2,7,8);3H2,1-2H3;1-2H3. The fourth-order valence-electron chi connectivity index (χ4n) is 0.567. The number of carbonyl (C=O) groups excluding carboxylic acids is 1. The smallest absolute Gasteiger partial charge is 0.258 e. The van der Waals surface area contributed by atoms with Crippen molar-refractivity contribution in [2.45, 2.75) is 41.0 Å². The van der Waals surface area contributed by atoms with Crippen LogP contribution in [0, 0.1) is 6.92 Å². The molecule has 0 fully saturated rings. The number of hydrogen-bond acceptors (Lipinski definition) is 2. The maximum Gasteiger partial charge on any atom is 0.258 e. The number of primary amides is 1. The van der Waals surface area contributed by atoms with Crippen LogP contribution in [0.5, 0.6) is 0 Å². The molecule has 1 aromatic heterocycles. The van der Waals surface area contributed by atoms with Crippen molar-refractivity contribution in [1.29, 1.82) is 0 Å². The van der Waals surface area contributed by atoms with Gasteiger partial charge in [-0.1, -0.05) is 34.1 Å². The number of rotatable bonds is 1. The van der Waals surface area contributed by atoms with Crippen molar-refractivity contribution in [2.24, 2.45) is 5.73 Å². The molecule has 0 saturated heterocycles. The summed E-state index contributed by atoms with van der Waals surface area (Å²) in [7, 11) is 0. The van der Waals surface area contributed by atoms with Gasteiger partial charge in [0.2, 0.25) is 0 Å². The lowest BCUT2D eigenvalue weighted by atomic mass is 10.4. The maximum absolute atomic E-state index is 10.4. The van der Waals surface area contributed by atoms with Gasteiger partial charge in [0, 0.05) is 4.88 Å². The van der Waals surface area contributed by atoms with E-state index in [4.69, 9.17) is 5.73 Å². The molecule has 3 heteroatoms. The van der Waals surface area contributed by atoms with Crippen molar-refractivity contribution in [3.05, 3.63) is 21.9 Å². The van der Waals surface area contributed by atoms with Crippen molar-refractivity contribution in [3.63, 3.8) is 0 Å². The van der Waals surface area contributed by atoms with Gasteiger partial charge < -0.3 is 5.73 Å². The lowest BCUT2D eigenvalue weighted by Gasteiger charge is -1.81. The van der Waals surface area contributed by atoms with Gasteiger partial charge in [0.1, 0.15) is 0 Å². The number of aryl methyl sites for hydroxylation is 1. The molecule has 0 spiro atoms. The van der Waals surface area contributed by atoms with Crippen LogP contribution in [-0.4, -0.2) is 5.91 Å². The van der Waals surface area contributed by atoms with Gasteiger partial charge >= 0.3 is 0 Å². The quantitative estimate of drug-likeness (QED) is 0.764. The Hall–Kier alpha value is -0.830. The summed E-state index contributed by atoms with van der Waals surface area (Å²) in [5.41, 5.74) is 5.00. The number of nitrogens with two attached hydrogens (primary N) is 1. The number of amides is 1. The SMILES string of the molecule is CC.CCC.Cc1ccc(C(N)=O)s1. The molecule has 1 rings (SSSR count). The predicted molar refractivity (Wildman–Crippen MR) is 64.9 cm³/mol. The van der Waals surface area contributed by atoms with Gasteiger partial charge in [-0.05, 0) is 19.1 Å². The minimum atomic E-state index is -0.340. The molecule has 0 unspecified atom stereocenters. The van der Waals surface area contributed by atoms with Crippen LogP contribution in [0.4, 0.5) is 0 Å². The summed E-state index contributed by atoms with van der Waals surface area (Å²) in [4.78, 5) is 12.2. The van der Waals surface area contributed by atoms with E-state index in [-0.39, 0.29) is 5.91 Å². The van der Waals surface area contributed by atoms with Crippen LogP contribution < -0.4 is 5.73 Å². The third kappa shape index (κ3) is 7.80. The highest BCUT2D eigenvalue weighted by Gasteiger charge is 2.00. The first-order valence-corrected chi connectivity index (χ1v) is 5.79. The molecule has 0 atom stereocenters. The van der Waals surface area contributed by atoms with E-state index in [0.717, 1.165) is 4.88 Å². The summed E-state index contributed by atoms with van der Waals surface area (Å²) in [5, 5.41) is 0. The van der Waals surface area contributed by atoms with Gasteiger partial charge in [-0.25, -0.2) is 0 Å². The van der Waals surface area contributed by atoms with Crippen molar-refractivity contribution >= 4 is 17.2 Å². The number of carbonyl (C=O) groups is 1. The molecule has 0 aliphatic heterocycles. The average Bonchev–Trinajstić information content (AvgIpc) is 2.57. The highest BCUT2D eigenvalue weighted by Crippen LogP contribution is 2.13. The minimum Gasteiger partial charge on any atom is -0.365 e. The zero-order chi connectivity index (χ0) is 11.6. The highest BCUT2D eigenvalue weighted by atomic mass is 32.1. The van der Waals surface area contributed by atoms with Crippen LogP contribution in [-0.2, 0) is 0 Å². The zero-order valence-corrected chi connectivity index (χ0v) is 10.6. The van der Waals surface area contributed by atoms with Gasteiger partial charge in [0.05, 0.1) is 4.88 Å². The second-order valence-electron chi connectivity index (χ2n) is 2.48. The van der Waals surface area contributed by atoms with Gasteiger partial charge in [0.25, 0.3) is 5.91 Å². The summed E-state index contributed by atoms with van der Waals surface area (Å²) < 4.78 is 0. The van der Waals surface area contributed by atoms with E-state index in [1.807, 2.05) is 26.8 Å². The van der Waals surface area contributed by atoms with Crippen molar-refractivity contribution in [1.82, 2.24) is 0 Å². The second kappa shape index (κ2) is 10.3. The molecule has 1 heterocycles. The molecule has 0 aliphatic rings. The van der Waals surface area contributed by atoms with E-state index in [2.05, 4.69) is 13.8 Å². The fraction of sp³-hybridized carbons (Fsp3) is 0.545. The molecule has 0 bridgehead atoms. The van der Waals surface area contributed by atoms with Crippen LogP contribution in [0.1, 0.15) is 48.7 Å². The van der Waals surface area contributed by atoms with E-state index < -0.39 is 0 Å². The van der Waals surface area contributed by atoms with E-state index in [1.54, 1.807) is 6.07 Å². The first kappa shape index (κ1) is 15.6. The Morgan fingerprint density at radius 2 is 1.79 bits per heavy atom. The van der Waals surface area contributed by atoms with E-state index >= 15 is 0 Å². The van der Waals surface area contributed by atoms with E-state index in [0.29, 0.717) is 4.88 Å². The van der Waals surface area contributed by atoms with Gasteiger partial charge in [-0.3, -0.25) is 4.79 Å². The summed E-state index contributed by atoms with van der Waals surface area (Å²) in [6.07, 6.45) is 1.25. The highest BCUT2D eigenvalue weighted by molar-refractivity contribution is 7.13. The molecule has 2 N–H and O–H groups in total. The molecular formula is C11H21NOS. The van der Waals surface area contributed by atoms with Crippen LogP contribution in [0.3, 0.4) is 0 Å². The first-order valence-electron chi connectivity index (χ1n) is 4.98. The topological polar surface area (TPSA) is 43.1 Å². The average molecular weight is 215 g/mol. The molecule has 1 aromatic rings. The molecular weight excluding hydrogens is 194 g/mol. The number of hydrogen-bond donors (Lipinski definition) is 1. The third-order valence-corrected chi connectivity index (χ3v) is 2.00. The number of thiophene rings is 1. The first-order chi connectivity index (χ1) is 6.61. The molecule has 0 aromatic carbocycles. The summed E-state index contributed by atoms with van der Waals surface area (Å²) in [6, 6.07) is 3.62. The zero-order valence-electron chi connectivity index (χ0n) is 9.76. The Morgan fingerprint density at radius 1 is 1.36 bits per heavy atom. The monoisotopic (exact) mass is 215 g/mol. The molecule has 14 heavy (non-hydrogen) atoms. The normalized spacial score (nSPS) is 7.79. The molecule has 1 amide bonds. The van der Waals surface area contributed by atoms with Crippen molar-refractivity contribution in [3.8, 4) is 0 Å². The molecule has 2 nitrogen and oxygen atoms in total. The Kier molecular flexibility index (Phi) is 11.4. The lowest BCUT2D eigenvalue weighted by molar-refractivity contribution is 0.100. The third-order valence-electron chi connectivity index (χ3n) is 0.983. The molecule has 0 saturated carbocycles. The molecule has 0 radical (unpaired) electrons. The summed E-state index contributed by atoms with van der Waals surface area (Å²) in [6.45, 7) is 10.2. The van der Waals surface area contributed by atoms with Crippen LogP contribution >= 0.6 is 11.3 Å². The largest absolute Gasteiger partial charge is 0.365 e. The Labute approximate surface area is 91.1 Å². The van der Waals surface area contributed by atoms with E-state index in [9.17, 15) is 4.79 Å². The summed E-state index contributed by atoms with van der Waals surface area (Å²) in [5.74, 6) is -0.340. The van der Waals surface area contributed by atoms with Crippen molar-refractivity contribution in [2.75, 3.05) is 0 Å². The van der Waals surface area contributed by atoms with Crippen LogP contribution in [0.15, 0.2) is 12.1 Å². The maximum atomic E-state index is 10.4.